The Kier molecular flexibility index (Phi) is 5.74. The van der Waals surface area contributed by atoms with E-state index in [0.717, 1.165) is 35.6 Å². The molecule has 0 radical (unpaired) electrons. The van der Waals surface area contributed by atoms with Gasteiger partial charge in [0.25, 0.3) is 0 Å². The maximum absolute atomic E-state index is 3.74. The first-order valence-corrected chi connectivity index (χ1v) is 8.88. The van der Waals surface area contributed by atoms with Crippen molar-refractivity contribution in [1.29, 1.82) is 0 Å². The first-order chi connectivity index (χ1) is 9.15. The summed E-state index contributed by atoms with van der Waals surface area (Å²) in [5, 5.41) is 3.74. The highest BCUT2D eigenvalue weighted by Crippen LogP contribution is 2.39. The largest absolute Gasteiger partial charge is 0.313 e. The fourth-order valence-corrected chi connectivity index (χ4v) is 4.53. The van der Waals surface area contributed by atoms with Crippen LogP contribution in [0, 0.1) is 29.6 Å². The van der Waals surface area contributed by atoms with Gasteiger partial charge in [0.15, 0.2) is 0 Å². The lowest BCUT2D eigenvalue weighted by atomic mass is 9.78. The molecular formula is C18H35N. The minimum atomic E-state index is 0.826. The third kappa shape index (κ3) is 3.97. The number of hydrogen-bond acceptors (Lipinski definition) is 1. The topological polar surface area (TPSA) is 12.0 Å². The van der Waals surface area contributed by atoms with E-state index in [2.05, 4.69) is 33.0 Å². The quantitative estimate of drug-likeness (QED) is 0.618. The van der Waals surface area contributed by atoms with E-state index >= 15 is 0 Å². The highest BCUT2D eigenvalue weighted by molar-refractivity contribution is 4.97. The minimum Gasteiger partial charge on any atom is -0.313 e. The number of hydrogen-bond donors (Lipinski definition) is 1. The van der Waals surface area contributed by atoms with Crippen LogP contribution in [0.15, 0.2) is 0 Å². The summed E-state index contributed by atoms with van der Waals surface area (Å²) in [5.41, 5.74) is 0. The third-order valence-electron chi connectivity index (χ3n) is 6.25. The minimum absolute atomic E-state index is 0.826. The van der Waals surface area contributed by atoms with Gasteiger partial charge >= 0.3 is 0 Å². The van der Waals surface area contributed by atoms with Crippen LogP contribution in [-0.4, -0.2) is 12.6 Å². The van der Waals surface area contributed by atoms with Gasteiger partial charge in [-0.3, -0.25) is 0 Å². The Morgan fingerprint density at radius 2 is 1.74 bits per heavy atom. The second-order valence-electron chi connectivity index (χ2n) is 7.43. The van der Waals surface area contributed by atoms with Crippen molar-refractivity contribution >= 4 is 0 Å². The van der Waals surface area contributed by atoms with Crippen molar-refractivity contribution in [2.45, 2.75) is 78.7 Å². The van der Waals surface area contributed by atoms with E-state index in [9.17, 15) is 0 Å². The zero-order valence-electron chi connectivity index (χ0n) is 13.6. The average Bonchev–Trinajstić information content (AvgIpc) is 2.85. The van der Waals surface area contributed by atoms with Gasteiger partial charge in [-0.25, -0.2) is 0 Å². The standard InChI is InChI=1S/C18H35N/c1-5-17(16-10-6-7-11-16)13(2)9-8-12-19-18-14(3)15(18)4/h13-19H,5-12H2,1-4H3. The molecule has 1 N–H and O–H groups in total. The summed E-state index contributed by atoms with van der Waals surface area (Å²) in [7, 11) is 0. The van der Waals surface area contributed by atoms with E-state index in [0.29, 0.717) is 0 Å². The second-order valence-corrected chi connectivity index (χ2v) is 7.43. The van der Waals surface area contributed by atoms with Crippen LogP contribution in [0.3, 0.4) is 0 Å². The van der Waals surface area contributed by atoms with Gasteiger partial charge in [0.05, 0.1) is 0 Å². The van der Waals surface area contributed by atoms with E-state index in [4.69, 9.17) is 0 Å². The molecule has 2 saturated carbocycles. The molecule has 112 valence electrons. The molecule has 0 aromatic carbocycles. The molecule has 1 nitrogen and oxygen atoms in total. The molecule has 0 aliphatic heterocycles. The summed E-state index contributed by atoms with van der Waals surface area (Å²) in [6, 6.07) is 0.826. The van der Waals surface area contributed by atoms with Gasteiger partial charge in [-0.15, -0.1) is 0 Å². The van der Waals surface area contributed by atoms with Crippen molar-refractivity contribution in [2.24, 2.45) is 29.6 Å². The normalized spacial score (nSPS) is 34.4. The lowest BCUT2D eigenvalue weighted by molar-refractivity contribution is 0.221. The number of nitrogens with one attached hydrogen (secondary N) is 1. The molecule has 2 rings (SSSR count). The first-order valence-electron chi connectivity index (χ1n) is 8.88. The first kappa shape index (κ1) is 15.4. The third-order valence-corrected chi connectivity index (χ3v) is 6.25. The lowest BCUT2D eigenvalue weighted by Crippen LogP contribution is -2.23. The molecule has 0 aromatic heterocycles. The zero-order valence-corrected chi connectivity index (χ0v) is 13.6. The smallest absolute Gasteiger partial charge is 0.0125 e. The summed E-state index contributed by atoms with van der Waals surface area (Å²) in [5.74, 6) is 4.82. The Balaban J connectivity index is 1.61. The summed E-state index contributed by atoms with van der Waals surface area (Å²) < 4.78 is 0. The summed E-state index contributed by atoms with van der Waals surface area (Å²) in [6.07, 6.45) is 10.2. The fourth-order valence-electron chi connectivity index (χ4n) is 4.53. The van der Waals surface area contributed by atoms with E-state index in [-0.39, 0.29) is 0 Å². The van der Waals surface area contributed by atoms with Crippen molar-refractivity contribution in [3.05, 3.63) is 0 Å². The molecule has 4 atom stereocenters. The highest BCUT2D eigenvalue weighted by Gasteiger charge is 2.41. The van der Waals surface area contributed by atoms with Gasteiger partial charge in [-0.05, 0) is 49.0 Å². The maximum Gasteiger partial charge on any atom is 0.0125 e. The SMILES string of the molecule is CCC(C(C)CCCNC1C(C)C1C)C1CCCC1. The molecule has 0 amide bonds. The number of rotatable bonds is 8. The molecule has 0 heterocycles. The van der Waals surface area contributed by atoms with Crippen LogP contribution in [0.5, 0.6) is 0 Å². The van der Waals surface area contributed by atoms with Crippen LogP contribution in [0.2, 0.25) is 0 Å². The van der Waals surface area contributed by atoms with Crippen molar-refractivity contribution < 1.29 is 0 Å². The van der Waals surface area contributed by atoms with Crippen LogP contribution in [-0.2, 0) is 0 Å². The molecule has 2 aliphatic carbocycles. The monoisotopic (exact) mass is 265 g/mol. The Morgan fingerprint density at radius 3 is 2.26 bits per heavy atom. The summed E-state index contributed by atoms with van der Waals surface area (Å²) in [4.78, 5) is 0. The predicted molar refractivity (Wildman–Crippen MR) is 84.3 cm³/mol. The lowest BCUT2D eigenvalue weighted by Gasteiger charge is -2.28. The van der Waals surface area contributed by atoms with Crippen LogP contribution in [0.4, 0.5) is 0 Å². The second kappa shape index (κ2) is 7.11. The van der Waals surface area contributed by atoms with Crippen LogP contribution >= 0.6 is 0 Å². The Morgan fingerprint density at radius 1 is 1.11 bits per heavy atom. The van der Waals surface area contributed by atoms with E-state index in [1.165, 1.54) is 51.5 Å². The molecule has 1 heteroatoms. The van der Waals surface area contributed by atoms with Gasteiger partial charge in [-0.1, -0.05) is 59.8 Å². The molecule has 0 saturated heterocycles. The predicted octanol–water partition coefficient (Wildman–Crippen LogP) is 4.86. The highest BCUT2D eigenvalue weighted by atomic mass is 15.0. The van der Waals surface area contributed by atoms with Crippen molar-refractivity contribution in [3.63, 3.8) is 0 Å². The molecule has 4 unspecified atom stereocenters. The molecule has 0 aromatic rings. The van der Waals surface area contributed by atoms with Gasteiger partial charge in [0.2, 0.25) is 0 Å². The molecule has 2 aliphatic rings. The fraction of sp³-hybridized carbons (Fsp3) is 1.00. The van der Waals surface area contributed by atoms with Gasteiger partial charge in [-0.2, -0.15) is 0 Å². The Labute approximate surface area is 120 Å². The average molecular weight is 265 g/mol. The van der Waals surface area contributed by atoms with E-state index in [1.54, 1.807) is 0 Å². The molecule has 0 spiro atoms. The van der Waals surface area contributed by atoms with E-state index in [1.807, 2.05) is 0 Å². The molecular weight excluding hydrogens is 230 g/mol. The van der Waals surface area contributed by atoms with E-state index < -0.39 is 0 Å². The Bertz CT molecular complexity index is 248. The molecule has 19 heavy (non-hydrogen) atoms. The van der Waals surface area contributed by atoms with Crippen molar-refractivity contribution in [1.82, 2.24) is 5.32 Å². The van der Waals surface area contributed by atoms with Crippen molar-refractivity contribution in [3.8, 4) is 0 Å². The van der Waals surface area contributed by atoms with Crippen LogP contribution < -0.4 is 5.32 Å². The summed E-state index contributed by atoms with van der Waals surface area (Å²) in [6.45, 7) is 10.9. The summed E-state index contributed by atoms with van der Waals surface area (Å²) >= 11 is 0. The zero-order chi connectivity index (χ0) is 13.8. The van der Waals surface area contributed by atoms with Gasteiger partial charge in [0.1, 0.15) is 0 Å². The van der Waals surface area contributed by atoms with Crippen LogP contribution in [0.1, 0.15) is 72.6 Å². The van der Waals surface area contributed by atoms with Crippen LogP contribution in [0.25, 0.3) is 0 Å². The maximum atomic E-state index is 3.74. The Hall–Kier alpha value is -0.0400. The van der Waals surface area contributed by atoms with Crippen molar-refractivity contribution in [2.75, 3.05) is 6.54 Å². The molecule has 2 fully saturated rings. The van der Waals surface area contributed by atoms with Gasteiger partial charge in [0, 0.05) is 6.04 Å². The van der Waals surface area contributed by atoms with Gasteiger partial charge < -0.3 is 5.32 Å². The molecule has 0 bridgehead atoms.